The summed E-state index contributed by atoms with van der Waals surface area (Å²) in [6.45, 7) is 1.66. The molecule has 0 amide bonds. The van der Waals surface area contributed by atoms with Crippen molar-refractivity contribution in [3.63, 3.8) is 0 Å². The number of halogens is 1. The molecule has 24 heavy (non-hydrogen) atoms. The number of hydrogen-bond donors (Lipinski definition) is 0. The Kier molecular flexibility index (Phi) is 3.38. The lowest BCUT2D eigenvalue weighted by atomic mass is 10.1. The predicted molar refractivity (Wildman–Crippen MR) is 92.1 cm³/mol. The third kappa shape index (κ3) is 2.21. The summed E-state index contributed by atoms with van der Waals surface area (Å²) < 4.78 is 11.4. The molecule has 6 heteroatoms. The van der Waals surface area contributed by atoms with E-state index in [1.165, 1.54) is 6.26 Å². The molecule has 0 spiro atoms. The number of anilines is 1. The third-order valence-corrected chi connectivity index (χ3v) is 4.93. The number of cyclic esters (lactones) is 1. The van der Waals surface area contributed by atoms with E-state index in [1.807, 2.05) is 36.2 Å². The Bertz CT molecular complexity index is 868. The van der Waals surface area contributed by atoms with Crippen LogP contribution in [0.2, 0.25) is 0 Å². The van der Waals surface area contributed by atoms with Crippen molar-refractivity contribution in [2.24, 2.45) is 0 Å². The zero-order valence-corrected chi connectivity index (χ0v) is 14.7. The van der Waals surface area contributed by atoms with E-state index in [-0.39, 0.29) is 11.8 Å². The van der Waals surface area contributed by atoms with Gasteiger partial charge in [-0.3, -0.25) is 4.79 Å². The van der Waals surface area contributed by atoms with Gasteiger partial charge in [0, 0.05) is 34.4 Å². The lowest BCUT2D eigenvalue weighted by Gasteiger charge is -2.19. The van der Waals surface area contributed by atoms with Crippen molar-refractivity contribution in [1.82, 2.24) is 0 Å². The van der Waals surface area contributed by atoms with Crippen molar-refractivity contribution in [3.8, 4) is 0 Å². The van der Waals surface area contributed by atoms with E-state index in [2.05, 4.69) is 15.9 Å². The third-order valence-electron chi connectivity index (χ3n) is 4.44. The molecule has 1 aromatic rings. The van der Waals surface area contributed by atoms with Gasteiger partial charge in [0.25, 0.3) is 6.29 Å². The fourth-order valence-corrected chi connectivity index (χ4v) is 3.58. The number of fused-ring (bicyclic) bond motifs is 3. The van der Waals surface area contributed by atoms with Crippen LogP contribution in [-0.4, -0.2) is 31.1 Å². The Morgan fingerprint density at radius 2 is 2.12 bits per heavy atom. The number of nitrogens with zero attached hydrogens (tertiary/aromatic N) is 1. The topological polar surface area (TPSA) is 55.8 Å². The fourth-order valence-electron chi connectivity index (χ4n) is 3.22. The predicted octanol–water partition coefficient (Wildman–Crippen LogP) is 2.96. The summed E-state index contributed by atoms with van der Waals surface area (Å²) in [7, 11) is 1.91. The lowest BCUT2D eigenvalue weighted by Crippen LogP contribution is -2.32. The molecule has 2 heterocycles. The summed E-state index contributed by atoms with van der Waals surface area (Å²) in [6, 6.07) is 5.65. The second-order valence-electron chi connectivity index (χ2n) is 5.97. The van der Waals surface area contributed by atoms with E-state index >= 15 is 0 Å². The minimum atomic E-state index is -0.768. The fraction of sp³-hybridized carbons (Fsp3) is 0.222. The van der Waals surface area contributed by atoms with Crippen LogP contribution in [0, 0.1) is 0 Å². The maximum absolute atomic E-state index is 12.7. The number of benzene rings is 1. The lowest BCUT2D eigenvalue weighted by molar-refractivity contribution is -0.152. The van der Waals surface area contributed by atoms with Gasteiger partial charge in [0.1, 0.15) is 6.04 Å². The smallest absolute Gasteiger partial charge is 0.336 e. The van der Waals surface area contributed by atoms with Gasteiger partial charge in [-0.15, -0.1) is 0 Å². The van der Waals surface area contributed by atoms with Crippen LogP contribution in [0.15, 0.2) is 52.2 Å². The van der Waals surface area contributed by atoms with Crippen molar-refractivity contribution < 1.29 is 19.1 Å². The van der Waals surface area contributed by atoms with Crippen molar-refractivity contribution in [1.29, 1.82) is 0 Å². The number of esters is 1. The van der Waals surface area contributed by atoms with Gasteiger partial charge in [-0.1, -0.05) is 15.9 Å². The molecule has 5 nitrogen and oxygen atoms in total. The molecule has 1 aromatic carbocycles. The summed E-state index contributed by atoms with van der Waals surface area (Å²) in [6.07, 6.45) is 4.04. The SMILES string of the molecule is CC1=CC(O/C=C2\C=C3c4cc(Br)ccc4N(C)C3C2=O)OC1=O. The molecule has 0 saturated carbocycles. The van der Waals surface area contributed by atoms with E-state index in [0.29, 0.717) is 11.1 Å². The van der Waals surface area contributed by atoms with Gasteiger partial charge in [0.05, 0.1) is 11.8 Å². The van der Waals surface area contributed by atoms with E-state index in [4.69, 9.17) is 9.47 Å². The molecule has 2 aliphatic heterocycles. The van der Waals surface area contributed by atoms with E-state index in [1.54, 1.807) is 13.0 Å². The van der Waals surface area contributed by atoms with Crippen LogP contribution in [0.4, 0.5) is 5.69 Å². The number of ketones is 1. The molecule has 2 atom stereocenters. The quantitative estimate of drug-likeness (QED) is 0.443. The van der Waals surface area contributed by atoms with Gasteiger partial charge in [-0.25, -0.2) is 4.79 Å². The summed E-state index contributed by atoms with van der Waals surface area (Å²) in [4.78, 5) is 26.0. The molecular weight excluding hydrogens is 374 g/mol. The van der Waals surface area contributed by atoms with Crippen LogP contribution < -0.4 is 4.90 Å². The molecule has 4 rings (SSSR count). The number of carbonyl (C=O) groups excluding carboxylic acids is 2. The Hall–Kier alpha value is -2.34. The van der Waals surface area contributed by atoms with E-state index in [9.17, 15) is 9.59 Å². The number of likely N-dealkylation sites (N-methyl/N-ethyl adjacent to an activating group) is 1. The van der Waals surface area contributed by atoms with Gasteiger partial charge >= 0.3 is 5.97 Å². The molecule has 3 aliphatic rings. The summed E-state index contributed by atoms with van der Waals surface area (Å²) in [5.74, 6) is -0.422. The summed E-state index contributed by atoms with van der Waals surface area (Å²) >= 11 is 3.47. The number of allylic oxidation sites excluding steroid dienone is 1. The highest BCUT2D eigenvalue weighted by atomic mass is 79.9. The number of carbonyl (C=O) groups is 2. The zero-order valence-electron chi connectivity index (χ0n) is 13.1. The average molecular weight is 388 g/mol. The molecule has 2 unspecified atom stereocenters. The first-order chi connectivity index (χ1) is 11.5. The summed E-state index contributed by atoms with van der Waals surface area (Å²) in [5, 5.41) is 0. The Morgan fingerprint density at radius 1 is 1.33 bits per heavy atom. The van der Waals surface area contributed by atoms with Crippen molar-refractivity contribution in [2.45, 2.75) is 19.3 Å². The minimum Gasteiger partial charge on any atom is -0.458 e. The highest BCUT2D eigenvalue weighted by molar-refractivity contribution is 9.10. The number of hydrogen-bond acceptors (Lipinski definition) is 5. The maximum atomic E-state index is 12.7. The number of ether oxygens (including phenoxy) is 2. The first-order valence-corrected chi connectivity index (χ1v) is 8.28. The average Bonchev–Trinajstić information content (AvgIpc) is 3.13. The van der Waals surface area contributed by atoms with Gasteiger partial charge in [0.2, 0.25) is 0 Å². The molecule has 122 valence electrons. The second-order valence-corrected chi connectivity index (χ2v) is 6.89. The number of rotatable bonds is 2. The van der Waals surface area contributed by atoms with Crippen LogP contribution in [0.3, 0.4) is 0 Å². The standard InChI is InChI=1S/C18H14BrNO4/c1-9-5-15(24-18(9)22)23-8-10-6-13-12-7-11(19)3-4-14(12)20(2)16(13)17(10)21/h3-8,15-16H,1-2H3/b10-8+. The highest BCUT2D eigenvalue weighted by Crippen LogP contribution is 2.45. The normalized spacial score (nSPS) is 26.3. The Labute approximate surface area is 147 Å². The molecule has 0 fully saturated rings. The molecule has 0 aromatic heterocycles. The monoisotopic (exact) mass is 387 g/mol. The van der Waals surface area contributed by atoms with Gasteiger partial charge < -0.3 is 14.4 Å². The van der Waals surface area contributed by atoms with E-state index in [0.717, 1.165) is 21.3 Å². The van der Waals surface area contributed by atoms with Crippen LogP contribution in [-0.2, 0) is 19.1 Å². The first-order valence-electron chi connectivity index (χ1n) is 7.49. The molecule has 1 aliphatic carbocycles. The molecular formula is C18H14BrNO4. The molecule has 0 saturated heterocycles. The van der Waals surface area contributed by atoms with Gasteiger partial charge in [-0.2, -0.15) is 0 Å². The molecule has 0 bridgehead atoms. The molecule has 0 radical (unpaired) electrons. The Balaban J connectivity index is 1.63. The van der Waals surface area contributed by atoms with Crippen molar-refractivity contribution in [2.75, 3.05) is 11.9 Å². The highest BCUT2D eigenvalue weighted by Gasteiger charge is 2.42. The van der Waals surface area contributed by atoms with Crippen LogP contribution in [0.25, 0.3) is 5.57 Å². The van der Waals surface area contributed by atoms with Gasteiger partial charge in [0.15, 0.2) is 5.78 Å². The van der Waals surface area contributed by atoms with Crippen molar-refractivity contribution >= 4 is 38.9 Å². The maximum Gasteiger partial charge on any atom is 0.336 e. The zero-order chi connectivity index (χ0) is 17.0. The minimum absolute atomic E-state index is 0.0233. The molecule has 0 N–H and O–H groups in total. The number of Topliss-reactive ketones (excluding diaryl/α,β-unsaturated/α-hetero) is 1. The van der Waals surface area contributed by atoms with Crippen LogP contribution in [0.5, 0.6) is 0 Å². The first kappa shape index (κ1) is 15.2. The second kappa shape index (κ2) is 5.34. The van der Waals surface area contributed by atoms with E-state index < -0.39 is 12.3 Å². The van der Waals surface area contributed by atoms with Crippen LogP contribution in [0.1, 0.15) is 12.5 Å². The van der Waals surface area contributed by atoms with Crippen molar-refractivity contribution in [3.05, 3.63) is 57.8 Å². The van der Waals surface area contributed by atoms with Gasteiger partial charge in [-0.05, 0) is 36.8 Å². The van der Waals surface area contributed by atoms with Crippen LogP contribution >= 0.6 is 15.9 Å². The Morgan fingerprint density at radius 3 is 2.83 bits per heavy atom. The largest absolute Gasteiger partial charge is 0.458 e. The summed E-state index contributed by atoms with van der Waals surface area (Å²) in [5.41, 5.74) is 4.01.